The number of ether oxygens (including phenoxy) is 1. The van der Waals surface area contributed by atoms with Crippen molar-refractivity contribution in [2.75, 3.05) is 38.7 Å². The molecule has 0 bridgehead atoms. The fourth-order valence-corrected chi connectivity index (χ4v) is 3.06. The summed E-state index contributed by atoms with van der Waals surface area (Å²) >= 11 is 0. The van der Waals surface area contributed by atoms with Crippen LogP contribution in [-0.4, -0.2) is 58.6 Å². The summed E-state index contributed by atoms with van der Waals surface area (Å²) in [5.41, 5.74) is 0.439. The second kappa shape index (κ2) is 8.28. The molecule has 1 fully saturated rings. The lowest BCUT2D eigenvalue weighted by Crippen LogP contribution is -2.34. The number of primary sulfonamides is 1. The van der Waals surface area contributed by atoms with Crippen molar-refractivity contribution in [3.63, 3.8) is 0 Å². The quantitative estimate of drug-likeness (QED) is 0.619. The lowest BCUT2D eigenvalue weighted by molar-refractivity contribution is -0.128. The number of benzene rings is 1. The smallest absolute Gasteiger partial charge is 0.319 e. The van der Waals surface area contributed by atoms with Crippen molar-refractivity contribution in [1.82, 2.24) is 10.2 Å². The molecule has 1 saturated heterocycles. The van der Waals surface area contributed by atoms with Crippen molar-refractivity contribution >= 4 is 27.6 Å². The number of anilines is 1. The SMILES string of the molecule is COCCN1C[C@@H](CNC(=O)Nc2ccc(S(N)(=O)=O)cc2)CC1=O. The Kier molecular flexibility index (Phi) is 6.34. The van der Waals surface area contributed by atoms with E-state index in [1.165, 1.54) is 24.3 Å². The highest BCUT2D eigenvalue weighted by atomic mass is 32.2. The van der Waals surface area contributed by atoms with Crippen molar-refractivity contribution in [3.05, 3.63) is 24.3 Å². The Hall–Kier alpha value is -2.17. The molecule has 1 aromatic carbocycles. The van der Waals surface area contributed by atoms with Crippen molar-refractivity contribution in [2.24, 2.45) is 11.1 Å². The Labute approximate surface area is 146 Å². The minimum Gasteiger partial charge on any atom is -0.383 e. The molecule has 138 valence electrons. The van der Waals surface area contributed by atoms with Crippen LogP contribution in [0.1, 0.15) is 6.42 Å². The van der Waals surface area contributed by atoms with Gasteiger partial charge in [0, 0.05) is 44.8 Å². The summed E-state index contributed by atoms with van der Waals surface area (Å²) in [6.07, 6.45) is 0.396. The fourth-order valence-electron chi connectivity index (χ4n) is 2.55. The Bertz CT molecular complexity index is 720. The van der Waals surface area contributed by atoms with E-state index in [1.54, 1.807) is 12.0 Å². The maximum Gasteiger partial charge on any atom is 0.319 e. The molecule has 1 atom stereocenters. The van der Waals surface area contributed by atoms with Crippen LogP contribution in [0.25, 0.3) is 0 Å². The number of urea groups is 1. The number of nitrogens with zero attached hydrogens (tertiary/aromatic N) is 1. The summed E-state index contributed by atoms with van der Waals surface area (Å²) in [5.74, 6) is 0.114. The van der Waals surface area contributed by atoms with Gasteiger partial charge in [-0.1, -0.05) is 0 Å². The van der Waals surface area contributed by atoms with E-state index in [1.807, 2.05) is 0 Å². The Balaban J connectivity index is 1.78. The Morgan fingerprint density at radius 1 is 1.36 bits per heavy atom. The van der Waals surface area contributed by atoms with Gasteiger partial charge >= 0.3 is 6.03 Å². The highest BCUT2D eigenvalue weighted by Crippen LogP contribution is 2.17. The lowest BCUT2D eigenvalue weighted by Gasteiger charge is -2.16. The van der Waals surface area contributed by atoms with Crippen molar-refractivity contribution in [2.45, 2.75) is 11.3 Å². The van der Waals surface area contributed by atoms with E-state index in [2.05, 4.69) is 10.6 Å². The first kappa shape index (κ1) is 19.2. The average molecular weight is 370 g/mol. The molecular weight excluding hydrogens is 348 g/mol. The normalized spacial score (nSPS) is 17.6. The van der Waals surface area contributed by atoms with Gasteiger partial charge in [-0.15, -0.1) is 0 Å². The van der Waals surface area contributed by atoms with Crippen LogP contribution in [-0.2, 0) is 19.6 Å². The molecule has 1 aliphatic heterocycles. The molecule has 0 unspecified atom stereocenters. The minimum atomic E-state index is -3.76. The topological polar surface area (TPSA) is 131 Å². The van der Waals surface area contributed by atoms with E-state index in [9.17, 15) is 18.0 Å². The van der Waals surface area contributed by atoms with E-state index in [0.717, 1.165) is 0 Å². The zero-order valence-electron chi connectivity index (χ0n) is 13.9. The third kappa shape index (κ3) is 5.69. The summed E-state index contributed by atoms with van der Waals surface area (Å²) in [6, 6.07) is 5.10. The maximum absolute atomic E-state index is 11.9. The number of hydrogen-bond donors (Lipinski definition) is 3. The largest absolute Gasteiger partial charge is 0.383 e. The number of carbonyl (C=O) groups excluding carboxylic acids is 2. The molecule has 10 heteroatoms. The van der Waals surface area contributed by atoms with Crippen molar-refractivity contribution in [1.29, 1.82) is 0 Å². The van der Waals surface area contributed by atoms with Crippen LogP contribution in [0.2, 0.25) is 0 Å². The van der Waals surface area contributed by atoms with Crippen LogP contribution >= 0.6 is 0 Å². The summed E-state index contributed by atoms with van der Waals surface area (Å²) < 4.78 is 27.3. The van der Waals surface area contributed by atoms with Crippen LogP contribution in [0.15, 0.2) is 29.2 Å². The predicted octanol–water partition coefficient (Wildman–Crippen LogP) is -0.0496. The Morgan fingerprint density at radius 2 is 2.04 bits per heavy atom. The fraction of sp³-hybridized carbons (Fsp3) is 0.467. The molecule has 1 aromatic rings. The first-order valence-corrected chi connectivity index (χ1v) is 9.28. The average Bonchev–Trinajstić information content (AvgIpc) is 2.90. The number of likely N-dealkylation sites (tertiary alicyclic amines) is 1. The molecule has 4 N–H and O–H groups in total. The van der Waals surface area contributed by atoms with Gasteiger partial charge in [-0.3, -0.25) is 4.79 Å². The Morgan fingerprint density at radius 3 is 2.64 bits per heavy atom. The van der Waals surface area contributed by atoms with Crippen molar-refractivity contribution in [3.8, 4) is 0 Å². The van der Waals surface area contributed by atoms with Crippen LogP contribution in [0.3, 0.4) is 0 Å². The minimum absolute atomic E-state index is 0.0286. The predicted molar refractivity (Wildman–Crippen MR) is 91.4 cm³/mol. The van der Waals surface area contributed by atoms with Gasteiger partial charge in [0.2, 0.25) is 15.9 Å². The summed E-state index contributed by atoms with van der Waals surface area (Å²) in [4.78, 5) is 25.4. The molecule has 1 heterocycles. The van der Waals surface area contributed by atoms with Crippen LogP contribution in [0.4, 0.5) is 10.5 Å². The zero-order valence-corrected chi connectivity index (χ0v) is 14.7. The van der Waals surface area contributed by atoms with Gasteiger partial charge in [-0.25, -0.2) is 18.4 Å². The van der Waals surface area contributed by atoms with Gasteiger partial charge in [-0.05, 0) is 24.3 Å². The third-order valence-corrected chi connectivity index (χ3v) is 4.78. The molecule has 0 spiro atoms. The second-order valence-corrected chi connectivity index (χ2v) is 7.37. The standard InChI is InChI=1S/C15H22N4O5S/c1-24-7-6-19-10-11(8-14(19)20)9-17-15(21)18-12-2-4-13(5-3-12)25(16,22)23/h2-5,11H,6-10H2,1H3,(H2,16,22,23)(H2,17,18,21)/t11-/m1/s1. The molecule has 25 heavy (non-hydrogen) atoms. The highest BCUT2D eigenvalue weighted by molar-refractivity contribution is 7.89. The molecule has 0 aromatic heterocycles. The van der Waals surface area contributed by atoms with Crippen LogP contribution in [0.5, 0.6) is 0 Å². The van der Waals surface area contributed by atoms with Gasteiger partial charge in [-0.2, -0.15) is 0 Å². The molecule has 0 aliphatic carbocycles. The molecule has 0 radical (unpaired) electrons. The molecule has 3 amide bonds. The lowest BCUT2D eigenvalue weighted by atomic mass is 10.1. The van der Waals surface area contributed by atoms with Crippen LogP contribution < -0.4 is 15.8 Å². The maximum atomic E-state index is 11.9. The summed E-state index contributed by atoms with van der Waals surface area (Å²) in [7, 11) is -2.18. The first-order chi connectivity index (χ1) is 11.8. The summed E-state index contributed by atoms with van der Waals surface area (Å²) in [6.45, 7) is 2.00. The van der Waals surface area contributed by atoms with Gasteiger partial charge in [0.15, 0.2) is 0 Å². The highest BCUT2D eigenvalue weighted by Gasteiger charge is 2.29. The number of carbonyl (C=O) groups is 2. The third-order valence-electron chi connectivity index (χ3n) is 3.85. The molecular formula is C15H22N4O5S. The molecule has 1 aliphatic rings. The number of sulfonamides is 1. The van der Waals surface area contributed by atoms with E-state index in [4.69, 9.17) is 9.88 Å². The van der Waals surface area contributed by atoms with Gasteiger partial charge in [0.1, 0.15) is 0 Å². The monoisotopic (exact) mass is 370 g/mol. The number of rotatable bonds is 7. The molecule has 0 saturated carbocycles. The number of methoxy groups -OCH3 is 1. The molecule has 9 nitrogen and oxygen atoms in total. The first-order valence-electron chi connectivity index (χ1n) is 7.74. The van der Waals surface area contributed by atoms with Gasteiger partial charge in [0.25, 0.3) is 0 Å². The van der Waals surface area contributed by atoms with E-state index >= 15 is 0 Å². The second-order valence-electron chi connectivity index (χ2n) is 5.81. The van der Waals surface area contributed by atoms with Crippen LogP contribution in [0, 0.1) is 5.92 Å². The number of amides is 3. The number of nitrogens with one attached hydrogen (secondary N) is 2. The van der Waals surface area contributed by atoms with Crippen molar-refractivity contribution < 1.29 is 22.7 Å². The number of hydrogen-bond acceptors (Lipinski definition) is 5. The molecule has 2 rings (SSSR count). The van der Waals surface area contributed by atoms with Gasteiger partial charge < -0.3 is 20.3 Å². The number of nitrogens with two attached hydrogens (primary N) is 1. The summed E-state index contributed by atoms with van der Waals surface area (Å²) in [5, 5.41) is 10.3. The van der Waals surface area contributed by atoms with E-state index < -0.39 is 16.1 Å². The van der Waals surface area contributed by atoms with E-state index in [-0.39, 0.29) is 16.7 Å². The van der Waals surface area contributed by atoms with E-state index in [0.29, 0.717) is 38.3 Å². The zero-order chi connectivity index (χ0) is 18.4. The van der Waals surface area contributed by atoms with Gasteiger partial charge in [0.05, 0.1) is 11.5 Å².